The van der Waals surface area contributed by atoms with Gasteiger partial charge in [-0.3, -0.25) is 4.79 Å². The summed E-state index contributed by atoms with van der Waals surface area (Å²) in [6.07, 6.45) is 10.9. The first-order chi connectivity index (χ1) is 9.59. The van der Waals surface area contributed by atoms with Crippen LogP contribution >= 0.6 is 0 Å². The SMILES string of the molecule is CN(CC1CCCC1)C1CCC(NC2CC2)(C(N)=O)C1. The van der Waals surface area contributed by atoms with Gasteiger partial charge in [-0.25, -0.2) is 0 Å². The lowest BCUT2D eigenvalue weighted by Gasteiger charge is -2.31. The number of nitrogens with one attached hydrogen (secondary N) is 1. The molecule has 3 aliphatic rings. The minimum atomic E-state index is -0.421. The predicted molar refractivity (Wildman–Crippen MR) is 80.3 cm³/mol. The second-order valence-corrected chi connectivity index (χ2v) is 7.35. The van der Waals surface area contributed by atoms with Crippen LogP contribution in [0.4, 0.5) is 0 Å². The Morgan fingerprint density at radius 2 is 1.95 bits per heavy atom. The van der Waals surface area contributed by atoms with Crippen LogP contribution in [0.1, 0.15) is 57.8 Å². The third-order valence-corrected chi connectivity index (χ3v) is 5.66. The highest BCUT2D eigenvalue weighted by Crippen LogP contribution is 2.37. The van der Waals surface area contributed by atoms with E-state index in [1.54, 1.807) is 0 Å². The zero-order chi connectivity index (χ0) is 14.2. The van der Waals surface area contributed by atoms with Gasteiger partial charge in [0, 0.05) is 18.6 Å². The predicted octanol–water partition coefficient (Wildman–Crippen LogP) is 1.64. The van der Waals surface area contributed by atoms with E-state index >= 15 is 0 Å². The normalized spacial score (nSPS) is 35.0. The van der Waals surface area contributed by atoms with Gasteiger partial charge in [0.05, 0.1) is 5.54 Å². The highest BCUT2D eigenvalue weighted by Gasteiger charge is 2.47. The van der Waals surface area contributed by atoms with Crippen LogP contribution in [0.3, 0.4) is 0 Å². The Labute approximate surface area is 122 Å². The zero-order valence-corrected chi connectivity index (χ0v) is 12.7. The molecule has 0 heterocycles. The van der Waals surface area contributed by atoms with Crippen LogP contribution in [0.2, 0.25) is 0 Å². The van der Waals surface area contributed by atoms with Gasteiger partial charge in [-0.15, -0.1) is 0 Å². The second-order valence-electron chi connectivity index (χ2n) is 7.35. The van der Waals surface area contributed by atoms with Crippen LogP contribution in [-0.4, -0.2) is 42.0 Å². The molecule has 0 radical (unpaired) electrons. The Balaban J connectivity index is 1.57. The number of primary amides is 1. The molecule has 0 bridgehead atoms. The smallest absolute Gasteiger partial charge is 0.237 e. The van der Waals surface area contributed by atoms with E-state index in [2.05, 4.69) is 17.3 Å². The number of hydrogen-bond donors (Lipinski definition) is 2. The van der Waals surface area contributed by atoms with Crippen molar-refractivity contribution in [3.05, 3.63) is 0 Å². The molecule has 3 fully saturated rings. The van der Waals surface area contributed by atoms with Gasteiger partial charge < -0.3 is 16.0 Å². The van der Waals surface area contributed by atoms with Crippen LogP contribution in [0.25, 0.3) is 0 Å². The van der Waals surface area contributed by atoms with Crippen molar-refractivity contribution in [2.24, 2.45) is 11.7 Å². The summed E-state index contributed by atoms with van der Waals surface area (Å²) in [5.41, 5.74) is 5.29. The lowest BCUT2D eigenvalue weighted by molar-refractivity contribution is -0.124. The molecule has 20 heavy (non-hydrogen) atoms. The number of carbonyl (C=O) groups excluding carboxylic acids is 1. The molecule has 0 aromatic heterocycles. The fourth-order valence-electron chi connectivity index (χ4n) is 4.19. The van der Waals surface area contributed by atoms with E-state index < -0.39 is 5.54 Å². The Morgan fingerprint density at radius 1 is 1.25 bits per heavy atom. The average molecular weight is 279 g/mol. The number of nitrogens with zero attached hydrogens (tertiary/aromatic N) is 1. The molecule has 4 heteroatoms. The molecule has 3 rings (SSSR count). The standard InChI is InChI=1S/C16H29N3O/c1-19(11-12-4-2-3-5-12)14-8-9-16(10-14,15(17)20)18-13-6-7-13/h12-14,18H,2-11H2,1H3,(H2,17,20). The first-order valence-electron chi connectivity index (χ1n) is 8.37. The highest BCUT2D eigenvalue weighted by atomic mass is 16.1. The van der Waals surface area contributed by atoms with E-state index in [0.717, 1.165) is 25.2 Å². The summed E-state index contributed by atoms with van der Waals surface area (Å²) in [5, 5.41) is 3.54. The molecule has 3 aliphatic carbocycles. The van der Waals surface area contributed by atoms with Gasteiger partial charge in [0.15, 0.2) is 0 Å². The third-order valence-electron chi connectivity index (χ3n) is 5.66. The van der Waals surface area contributed by atoms with Gasteiger partial charge in [0.1, 0.15) is 0 Å². The topological polar surface area (TPSA) is 58.4 Å². The van der Waals surface area contributed by atoms with Gasteiger partial charge in [-0.1, -0.05) is 12.8 Å². The minimum absolute atomic E-state index is 0.138. The Kier molecular flexibility index (Phi) is 4.04. The molecule has 2 unspecified atom stereocenters. The Bertz CT molecular complexity index is 363. The first kappa shape index (κ1) is 14.3. The summed E-state index contributed by atoms with van der Waals surface area (Å²) in [6, 6.07) is 1.07. The molecule has 2 atom stereocenters. The van der Waals surface area contributed by atoms with Crippen molar-refractivity contribution in [3.63, 3.8) is 0 Å². The van der Waals surface area contributed by atoms with E-state index in [0.29, 0.717) is 12.1 Å². The summed E-state index contributed by atoms with van der Waals surface area (Å²) in [5.74, 6) is 0.737. The van der Waals surface area contributed by atoms with Crippen LogP contribution in [0, 0.1) is 5.92 Å². The van der Waals surface area contributed by atoms with Crippen molar-refractivity contribution < 1.29 is 4.79 Å². The molecule has 114 valence electrons. The molecule has 0 saturated heterocycles. The molecule has 3 N–H and O–H groups in total. The van der Waals surface area contributed by atoms with E-state index in [4.69, 9.17) is 5.73 Å². The molecule has 1 amide bonds. The van der Waals surface area contributed by atoms with E-state index in [1.807, 2.05) is 0 Å². The van der Waals surface area contributed by atoms with E-state index in [9.17, 15) is 4.79 Å². The van der Waals surface area contributed by atoms with Crippen molar-refractivity contribution in [1.82, 2.24) is 10.2 Å². The third kappa shape index (κ3) is 3.01. The van der Waals surface area contributed by atoms with Gasteiger partial charge in [0.25, 0.3) is 0 Å². The molecular formula is C16H29N3O. The van der Waals surface area contributed by atoms with Crippen molar-refractivity contribution in [1.29, 1.82) is 0 Å². The molecular weight excluding hydrogens is 250 g/mol. The molecule has 0 aromatic rings. The molecule has 4 nitrogen and oxygen atoms in total. The quantitative estimate of drug-likeness (QED) is 0.777. The lowest BCUT2D eigenvalue weighted by Crippen LogP contribution is -2.55. The van der Waals surface area contributed by atoms with Crippen LogP contribution in [0.5, 0.6) is 0 Å². The maximum atomic E-state index is 11.9. The fourth-order valence-corrected chi connectivity index (χ4v) is 4.19. The lowest BCUT2D eigenvalue weighted by atomic mass is 9.95. The van der Waals surface area contributed by atoms with Crippen molar-refractivity contribution >= 4 is 5.91 Å². The fraction of sp³-hybridized carbons (Fsp3) is 0.938. The maximum absolute atomic E-state index is 11.9. The van der Waals surface area contributed by atoms with E-state index in [1.165, 1.54) is 45.1 Å². The van der Waals surface area contributed by atoms with Crippen molar-refractivity contribution in [2.45, 2.75) is 75.4 Å². The molecule has 0 aliphatic heterocycles. The molecule has 0 aromatic carbocycles. The average Bonchev–Trinajstić information content (AvgIpc) is 2.91. The second kappa shape index (κ2) is 5.64. The van der Waals surface area contributed by atoms with Gasteiger partial charge in [0.2, 0.25) is 5.91 Å². The van der Waals surface area contributed by atoms with E-state index in [-0.39, 0.29) is 5.91 Å². The first-order valence-corrected chi connectivity index (χ1v) is 8.37. The van der Waals surface area contributed by atoms with Crippen LogP contribution in [-0.2, 0) is 4.79 Å². The highest BCUT2D eigenvalue weighted by molar-refractivity contribution is 5.85. The summed E-state index contributed by atoms with van der Waals surface area (Å²) in [4.78, 5) is 14.4. The van der Waals surface area contributed by atoms with Crippen LogP contribution in [0.15, 0.2) is 0 Å². The maximum Gasteiger partial charge on any atom is 0.237 e. The molecule has 3 saturated carbocycles. The number of nitrogens with two attached hydrogens (primary N) is 1. The zero-order valence-electron chi connectivity index (χ0n) is 12.7. The van der Waals surface area contributed by atoms with Gasteiger partial charge in [-0.2, -0.15) is 0 Å². The minimum Gasteiger partial charge on any atom is -0.368 e. The van der Waals surface area contributed by atoms with Crippen LogP contribution < -0.4 is 11.1 Å². The summed E-state index contributed by atoms with van der Waals surface area (Å²) in [6.45, 7) is 1.20. The summed E-state index contributed by atoms with van der Waals surface area (Å²) >= 11 is 0. The number of hydrogen-bond acceptors (Lipinski definition) is 3. The molecule has 0 spiro atoms. The number of amides is 1. The van der Waals surface area contributed by atoms with Gasteiger partial charge >= 0.3 is 0 Å². The Hall–Kier alpha value is -0.610. The number of carbonyl (C=O) groups is 1. The summed E-state index contributed by atoms with van der Waals surface area (Å²) < 4.78 is 0. The largest absolute Gasteiger partial charge is 0.368 e. The monoisotopic (exact) mass is 279 g/mol. The van der Waals surface area contributed by atoms with Gasteiger partial charge in [-0.05, 0) is 57.9 Å². The summed E-state index contributed by atoms with van der Waals surface area (Å²) in [7, 11) is 2.23. The Morgan fingerprint density at radius 3 is 2.55 bits per heavy atom. The number of rotatable bonds is 6. The van der Waals surface area contributed by atoms with Crippen molar-refractivity contribution in [2.75, 3.05) is 13.6 Å². The van der Waals surface area contributed by atoms with Crippen molar-refractivity contribution in [3.8, 4) is 0 Å².